The smallest absolute Gasteiger partial charge is 0.132 e. The van der Waals surface area contributed by atoms with E-state index >= 15 is 0 Å². The van der Waals surface area contributed by atoms with Gasteiger partial charge in [0.05, 0.1) is 5.69 Å². The first-order valence-electron chi connectivity index (χ1n) is 10.8. The van der Waals surface area contributed by atoms with Gasteiger partial charge in [0.25, 0.3) is 0 Å². The number of aromatic nitrogens is 1. The molecule has 1 aromatic carbocycles. The van der Waals surface area contributed by atoms with E-state index in [1.54, 1.807) is 6.20 Å². The van der Waals surface area contributed by atoms with E-state index in [4.69, 9.17) is 0 Å². The van der Waals surface area contributed by atoms with E-state index in [9.17, 15) is 10.2 Å². The summed E-state index contributed by atoms with van der Waals surface area (Å²) >= 11 is 0. The number of allylic oxidation sites excluding steroid dienone is 3. The summed E-state index contributed by atoms with van der Waals surface area (Å²) in [6.07, 6.45) is 10.0. The average Bonchev–Trinajstić information content (AvgIpc) is 2.68. The zero-order valence-corrected chi connectivity index (χ0v) is 17.9. The predicted octanol–water partition coefficient (Wildman–Crippen LogP) is 6.91. The summed E-state index contributed by atoms with van der Waals surface area (Å²) in [6, 6.07) is 7.59. The minimum Gasteiger partial charge on any atom is -0.507 e. The van der Waals surface area contributed by atoms with Gasteiger partial charge in [-0.25, -0.2) is 0 Å². The normalized spacial score (nSPS) is 19.1. The molecule has 3 rings (SSSR count). The molecule has 0 fully saturated rings. The highest BCUT2D eigenvalue weighted by atomic mass is 16.3. The Labute approximate surface area is 174 Å². The van der Waals surface area contributed by atoms with Crippen molar-refractivity contribution in [3.05, 3.63) is 65.4 Å². The second-order valence-corrected chi connectivity index (χ2v) is 8.39. The molecule has 2 atom stereocenters. The molecule has 2 N–H and O–H groups in total. The highest BCUT2D eigenvalue weighted by molar-refractivity contribution is 5.76. The van der Waals surface area contributed by atoms with E-state index in [0.29, 0.717) is 5.56 Å². The van der Waals surface area contributed by atoms with Crippen LogP contribution < -0.4 is 0 Å². The average molecular weight is 392 g/mol. The number of unbranched alkanes of at least 4 members (excludes halogenated alkanes) is 2. The second kappa shape index (κ2) is 9.30. The quantitative estimate of drug-likeness (QED) is 0.398. The number of benzene rings is 1. The minimum absolute atomic E-state index is 0.0756. The van der Waals surface area contributed by atoms with Crippen LogP contribution in [0, 0.1) is 5.92 Å². The molecule has 3 nitrogen and oxygen atoms in total. The van der Waals surface area contributed by atoms with Crippen molar-refractivity contribution in [3.63, 3.8) is 0 Å². The molecule has 0 amide bonds. The fourth-order valence-electron chi connectivity index (χ4n) is 4.52. The molecule has 1 aliphatic rings. The molecule has 0 radical (unpaired) electrons. The number of aromatic hydroxyl groups is 2. The largest absolute Gasteiger partial charge is 0.507 e. The molecule has 2 aromatic rings. The van der Waals surface area contributed by atoms with Crippen molar-refractivity contribution in [1.82, 2.24) is 4.98 Å². The van der Waals surface area contributed by atoms with Crippen LogP contribution in [0.25, 0.3) is 11.3 Å². The lowest BCUT2D eigenvalue weighted by Crippen LogP contribution is -2.17. The predicted molar refractivity (Wildman–Crippen MR) is 120 cm³/mol. The summed E-state index contributed by atoms with van der Waals surface area (Å²) < 4.78 is 0. The van der Waals surface area contributed by atoms with Crippen LogP contribution in [0.5, 0.6) is 11.5 Å². The highest BCUT2D eigenvalue weighted by Crippen LogP contribution is 2.50. The van der Waals surface area contributed by atoms with Crippen molar-refractivity contribution in [2.24, 2.45) is 5.92 Å². The fraction of sp³-hybridized carbons (Fsp3) is 0.423. The summed E-state index contributed by atoms with van der Waals surface area (Å²) in [5.41, 5.74) is 5.45. The van der Waals surface area contributed by atoms with Crippen molar-refractivity contribution in [2.75, 3.05) is 0 Å². The van der Waals surface area contributed by atoms with Crippen molar-refractivity contribution >= 4 is 0 Å². The first kappa shape index (κ1) is 21.2. The Balaban J connectivity index is 2.18. The van der Waals surface area contributed by atoms with Gasteiger partial charge >= 0.3 is 0 Å². The molecule has 0 saturated heterocycles. The van der Waals surface area contributed by atoms with Crippen LogP contribution in [0.3, 0.4) is 0 Å². The SMILES string of the molecule is C=C(C)C1CCC(C)=CC1c1c(O)cc(CCCCC)c(-c2ccccn2)c1O. The van der Waals surface area contributed by atoms with E-state index < -0.39 is 0 Å². The molecule has 2 unspecified atom stereocenters. The molecule has 0 aliphatic heterocycles. The Bertz CT molecular complexity index is 899. The van der Waals surface area contributed by atoms with Gasteiger partial charge in [-0.3, -0.25) is 4.98 Å². The lowest BCUT2D eigenvalue weighted by Gasteiger charge is -2.32. The third-order valence-electron chi connectivity index (χ3n) is 6.08. The molecule has 1 aliphatic carbocycles. The van der Waals surface area contributed by atoms with Crippen LogP contribution in [0.2, 0.25) is 0 Å². The summed E-state index contributed by atoms with van der Waals surface area (Å²) in [5.74, 6) is 0.472. The molecule has 0 spiro atoms. The standard InChI is InChI=1S/C26H33NO2/c1-5-6-7-10-19-16-23(28)25(21-15-18(4)12-13-20(21)17(2)3)26(29)24(19)22-11-8-9-14-27-22/h8-9,11,14-16,20-21,28-29H,2,5-7,10,12-13H2,1,3-4H3. The first-order chi connectivity index (χ1) is 13.9. The Morgan fingerprint density at radius 1 is 1.24 bits per heavy atom. The fourth-order valence-corrected chi connectivity index (χ4v) is 4.52. The van der Waals surface area contributed by atoms with Crippen LogP contribution in [-0.4, -0.2) is 15.2 Å². The van der Waals surface area contributed by atoms with Crippen LogP contribution in [0.4, 0.5) is 0 Å². The maximum absolute atomic E-state index is 11.4. The van der Waals surface area contributed by atoms with Gasteiger partial charge in [0, 0.05) is 23.2 Å². The second-order valence-electron chi connectivity index (χ2n) is 8.39. The summed E-state index contributed by atoms with van der Waals surface area (Å²) in [7, 11) is 0. The maximum atomic E-state index is 11.4. The molecule has 1 aromatic heterocycles. The van der Waals surface area contributed by atoms with E-state index in [0.717, 1.165) is 60.9 Å². The van der Waals surface area contributed by atoms with E-state index in [-0.39, 0.29) is 23.3 Å². The number of pyridine rings is 1. The van der Waals surface area contributed by atoms with Crippen LogP contribution in [-0.2, 0) is 6.42 Å². The van der Waals surface area contributed by atoms with Crippen molar-refractivity contribution in [2.45, 2.75) is 65.2 Å². The van der Waals surface area contributed by atoms with Gasteiger partial charge in [-0.1, -0.05) is 49.6 Å². The number of phenols is 2. The summed E-state index contributed by atoms with van der Waals surface area (Å²) in [5, 5.41) is 22.4. The lowest BCUT2D eigenvalue weighted by atomic mass is 9.73. The van der Waals surface area contributed by atoms with Gasteiger partial charge in [0.1, 0.15) is 11.5 Å². The molecule has 1 heterocycles. The van der Waals surface area contributed by atoms with Crippen LogP contribution >= 0.6 is 0 Å². The Morgan fingerprint density at radius 2 is 2.03 bits per heavy atom. The van der Waals surface area contributed by atoms with Crippen molar-refractivity contribution < 1.29 is 10.2 Å². The summed E-state index contributed by atoms with van der Waals surface area (Å²) in [4.78, 5) is 4.51. The number of phenolic OH excluding ortho intramolecular Hbond substituents is 2. The molecule has 0 bridgehead atoms. The first-order valence-corrected chi connectivity index (χ1v) is 10.8. The van der Waals surface area contributed by atoms with Crippen LogP contribution in [0.1, 0.15) is 69.9 Å². The number of rotatable bonds is 7. The van der Waals surface area contributed by atoms with Crippen LogP contribution in [0.15, 0.2) is 54.3 Å². The third kappa shape index (κ3) is 4.55. The van der Waals surface area contributed by atoms with Gasteiger partial charge in [0.15, 0.2) is 0 Å². The number of aryl methyl sites for hydroxylation is 1. The van der Waals surface area contributed by atoms with Crippen molar-refractivity contribution in [1.29, 1.82) is 0 Å². The topological polar surface area (TPSA) is 53.4 Å². The van der Waals surface area contributed by atoms with Gasteiger partial charge < -0.3 is 10.2 Å². The zero-order valence-electron chi connectivity index (χ0n) is 17.9. The van der Waals surface area contributed by atoms with Gasteiger partial charge in [-0.2, -0.15) is 0 Å². The zero-order chi connectivity index (χ0) is 21.0. The Kier molecular flexibility index (Phi) is 6.79. The molecular formula is C26H33NO2. The monoisotopic (exact) mass is 391 g/mol. The number of nitrogens with zero attached hydrogens (tertiary/aromatic N) is 1. The van der Waals surface area contributed by atoms with Gasteiger partial charge in [0.2, 0.25) is 0 Å². The van der Waals surface area contributed by atoms with E-state index in [1.807, 2.05) is 31.2 Å². The molecule has 29 heavy (non-hydrogen) atoms. The van der Waals surface area contributed by atoms with Gasteiger partial charge in [-0.15, -0.1) is 0 Å². The molecular weight excluding hydrogens is 358 g/mol. The minimum atomic E-state index is -0.0756. The maximum Gasteiger partial charge on any atom is 0.132 e. The van der Waals surface area contributed by atoms with Gasteiger partial charge in [-0.05, 0) is 69.2 Å². The highest BCUT2D eigenvalue weighted by Gasteiger charge is 2.32. The summed E-state index contributed by atoms with van der Waals surface area (Å²) in [6.45, 7) is 10.5. The Hall–Kier alpha value is -2.55. The van der Waals surface area contributed by atoms with Crippen molar-refractivity contribution in [3.8, 4) is 22.8 Å². The molecule has 0 saturated carbocycles. The lowest BCUT2D eigenvalue weighted by molar-refractivity contribution is 0.407. The number of hydrogen-bond donors (Lipinski definition) is 2. The molecule has 3 heteroatoms. The van der Waals surface area contributed by atoms with E-state index in [1.165, 1.54) is 5.57 Å². The number of hydrogen-bond acceptors (Lipinski definition) is 3. The van der Waals surface area contributed by atoms with E-state index in [2.05, 4.69) is 31.5 Å². The molecule has 154 valence electrons. The third-order valence-corrected chi connectivity index (χ3v) is 6.08. The Morgan fingerprint density at radius 3 is 2.69 bits per heavy atom.